The number of carboxylic acids is 1. The van der Waals surface area contributed by atoms with Crippen molar-refractivity contribution in [3.05, 3.63) is 108 Å². The van der Waals surface area contributed by atoms with E-state index in [9.17, 15) is 54.3 Å². The first-order valence-corrected chi connectivity index (χ1v) is 17.6. The Bertz CT molecular complexity index is 1980. The molecule has 5 atom stereocenters. The van der Waals surface area contributed by atoms with Crippen molar-refractivity contribution in [1.82, 2.24) is 36.6 Å². The number of benzene rings is 3. The number of aliphatic carboxylic acids is 1. The van der Waals surface area contributed by atoms with Gasteiger partial charge in [-0.3, -0.25) is 24.0 Å². The molecule has 1 aromatic heterocycles. The van der Waals surface area contributed by atoms with E-state index < -0.39 is 78.9 Å². The molecule has 0 aliphatic heterocycles. The van der Waals surface area contributed by atoms with Crippen molar-refractivity contribution in [1.29, 1.82) is 0 Å². The van der Waals surface area contributed by atoms with Crippen molar-refractivity contribution in [2.75, 3.05) is 13.2 Å². The highest BCUT2D eigenvalue weighted by Gasteiger charge is 2.30. The van der Waals surface area contributed by atoms with Crippen LogP contribution >= 0.6 is 0 Å². The number of nitrogens with two attached hydrogens (primary N) is 1. The highest BCUT2D eigenvalue weighted by atomic mass is 16.4. The fraction of sp³-hybridized carbons (Fsp3) is 0.289. The minimum absolute atomic E-state index is 0.0195. The van der Waals surface area contributed by atoms with Gasteiger partial charge in [-0.2, -0.15) is 0 Å². The maximum atomic E-state index is 13.6. The zero-order valence-corrected chi connectivity index (χ0v) is 30.4. The number of hydrogen-bond acceptors (Lipinski definition) is 12. The number of nitrogens with zero attached hydrogens (tertiary/aromatic N) is 1. The van der Waals surface area contributed by atoms with Crippen LogP contribution in [0.1, 0.15) is 22.4 Å². The van der Waals surface area contributed by atoms with E-state index in [0.29, 0.717) is 22.4 Å². The summed E-state index contributed by atoms with van der Waals surface area (Å²) < 4.78 is 0. The summed E-state index contributed by atoms with van der Waals surface area (Å²) in [5.74, 6) is -5.84. The third-order valence-electron chi connectivity index (χ3n) is 8.60. The molecule has 0 spiro atoms. The second kappa shape index (κ2) is 20.6. The first-order valence-electron chi connectivity index (χ1n) is 17.6. The molecule has 3 aromatic carbocycles. The van der Waals surface area contributed by atoms with Crippen LogP contribution in [0.15, 0.2) is 85.3 Å². The Hall–Kier alpha value is -6.99. The summed E-state index contributed by atoms with van der Waals surface area (Å²) >= 11 is 0. The number of aromatic nitrogens is 2. The molecule has 0 saturated heterocycles. The Morgan fingerprint density at radius 2 is 1.04 bits per heavy atom. The molecule has 302 valence electrons. The van der Waals surface area contributed by atoms with Crippen molar-refractivity contribution in [3.8, 4) is 17.2 Å². The zero-order chi connectivity index (χ0) is 41.5. The van der Waals surface area contributed by atoms with E-state index in [1.165, 1.54) is 73.2 Å². The quantitative estimate of drug-likeness (QED) is 0.0474. The standard InChI is InChI=1S/C38H44N8O11/c39-28(16-24-17-40-20-42-24)34(52)44-29(13-21-1-7-25(48)8-2-21)35(53)41-18-33(51)43-30(14-22-3-9-26(49)10-4-22)36(54)46-32(19-47)37(55)45-31(38(56)57)15-23-5-11-27(50)12-6-23/h1-12,17,20,28-32,47-50H,13-16,18-19,39H2,(H,40,42)(H,41,53)(H,43,51)(H,44,52)(H,45,55)(H,46,54)(H,56,57)/t28-,29-,30-,31-,32-/m0/s1. The van der Waals surface area contributed by atoms with Gasteiger partial charge in [0.1, 0.15) is 41.4 Å². The van der Waals surface area contributed by atoms with Gasteiger partial charge >= 0.3 is 5.97 Å². The highest BCUT2D eigenvalue weighted by Crippen LogP contribution is 2.14. The molecule has 0 fully saturated rings. The number of phenols is 3. The Morgan fingerprint density at radius 3 is 1.49 bits per heavy atom. The van der Waals surface area contributed by atoms with Crippen molar-refractivity contribution < 1.29 is 54.3 Å². The summed E-state index contributed by atoms with van der Waals surface area (Å²) in [6.45, 7) is -1.62. The predicted molar refractivity (Wildman–Crippen MR) is 201 cm³/mol. The van der Waals surface area contributed by atoms with Gasteiger partial charge in [0.25, 0.3) is 0 Å². The topological polar surface area (TPSA) is 318 Å². The van der Waals surface area contributed by atoms with Gasteiger partial charge in [0.15, 0.2) is 0 Å². The molecular formula is C38H44N8O11. The van der Waals surface area contributed by atoms with Gasteiger partial charge in [-0.05, 0) is 53.1 Å². The molecule has 1 heterocycles. The fourth-order valence-corrected chi connectivity index (χ4v) is 5.50. The number of aromatic amines is 1. The van der Waals surface area contributed by atoms with Crippen LogP contribution in [0.5, 0.6) is 17.2 Å². The number of aliphatic hydroxyl groups is 1. The van der Waals surface area contributed by atoms with Gasteiger partial charge in [0.05, 0.1) is 25.5 Å². The number of phenolic OH excluding ortho intramolecular Hbond substituents is 3. The smallest absolute Gasteiger partial charge is 0.326 e. The molecule has 4 rings (SSSR count). The van der Waals surface area contributed by atoms with Crippen molar-refractivity contribution in [2.45, 2.75) is 55.9 Å². The normalized spacial score (nSPS) is 13.5. The second-order valence-electron chi connectivity index (χ2n) is 13.0. The van der Waals surface area contributed by atoms with E-state index in [0.717, 1.165) is 0 Å². The van der Waals surface area contributed by atoms with Crippen LogP contribution < -0.4 is 32.3 Å². The lowest BCUT2D eigenvalue weighted by Gasteiger charge is -2.24. The molecule has 13 N–H and O–H groups in total. The number of H-pyrrole nitrogens is 1. The number of rotatable bonds is 20. The Labute approximate surface area is 325 Å². The lowest BCUT2D eigenvalue weighted by atomic mass is 10.0. The van der Waals surface area contributed by atoms with Crippen molar-refractivity contribution in [2.24, 2.45) is 5.73 Å². The summed E-state index contributed by atoms with van der Waals surface area (Å²) in [6.07, 6.45) is 2.59. The fourth-order valence-electron chi connectivity index (χ4n) is 5.50. The number of hydrogen-bond donors (Lipinski definition) is 12. The van der Waals surface area contributed by atoms with Gasteiger partial charge in [0.2, 0.25) is 29.5 Å². The summed E-state index contributed by atoms with van der Waals surface area (Å²) in [7, 11) is 0. The van der Waals surface area contributed by atoms with E-state index in [1.807, 2.05) is 0 Å². The SMILES string of the molecule is N[C@@H](Cc1cnc[nH]1)C(=O)N[C@@H](Cc1ccc(O)cc1)C(=O)NCC(=O)N[C@@H](Cc1ccc(O)cc1)C(=O)N[C@@H](CO)C(=O)N[C@@H](Cc1ccc(O)cc1)C(=O)O. The number of carbonyl (C=O) groups excluding carboxylic acids is 5. The zero-order valence-electron chi connectivity index (χ0n) is 30.4. The average Bonchev–Trinajstić information content (AvgIpc) is 3.70. The Morgan fingerprint density at radius 1 is 0.596 bits per heavy atom. The largest absolute Gasteiger partial charge is 0.508 e. The Kier molecular flexibility index (Phi) is 15.5. The number of nitrogens with one attached hydrogen (secondary N) is 6. The molecule has 19 nitrogen and oxygen atoms in total. The first kappa shape index (κ1) is 42.7. The molecule has 0 unspecified atom stereocenters. The Balaban J connectivity index is 1.43. The molecular weight excluding hydrogens is 744 g/mol. The number of aliphatic hydroxyl groups excluding tert-OH is 1. The number of amides is 5. The van der Waals surface area contributed by atoms with Gasteiger partial charge in [-0.15, -0.1) is 0 Å². The van der Waals surface area contributed by atoms with Gasteiger partial charge in [-0.25, -0.2) is 9.78 Å². The first-order chi connectivity index (χ1) is 27.2. The molecule has 0 bridgehead atoms. The molecule has 57 heavy (non-hydrogen) atoms. The van der Waals surface area contributed by atoms with Crippen LogP contribution in [0.4, 0.5) is 0 Å². The highest BCUT2D eigenvalue weighted by molar-refractivity contribution is 5.95. The van der Waals surface area contributed by atoms with E-state index in [4.69, 9.17) is 5.73 Å². The van der Waals surface area contributed by atoms with Crippen LogP contribution in [0.2, 0.25) is 0 Å². The van der Waals surface area contributed by atoms with Gasteiger partial charge in [0, 0.05) is 37.6 Å². The summed E-state index contributed by atoms with van der Waals surface area (Å²) in [5.41, 5.74) is 8.14. The number of carbonyl (C=O) groups is 6. The lowest BCUT2D eigenvalue weighted by molar-refractivity contribution is -0.142. The van der Waals surface area contributed by atoms with Crippen molar-refractivity contribution in [3.63, 3.8) is 0 Å². The van der Waals surface area contributed by atoms with Crippen LogP contribution in [0, 0.1) is 0 Å². The monoisotopic (exact) mass is 788 g/mol. The summed E-state index contributed by atoms with van der Waals surface area (Å²) in [4.78, 5) is 85.0. The van der Waals surface area contributed by atoms with E-state index in [2.05, 4.69) is 36.6 Å². The van der Waals surface area contributed by atoms with Crippen LogP contribution in [0.25, 0.3) is 0 Å². The second-order valence-corrected chi connectivity index (χ2v) is 13.0. The van der Waals surface area contributed by atoms with Crippen LogP contribution in [-0.4, -0.2) is 114 Å². The third-order valence-corrected chi connectivity index (χ3v) is 8.60. The van der Waals surface area contributed by atoms with E-state index in [-0.39, 0.29) is 42.9 Å². The predicted octanol–water partition coefficient (Wildman–Crippen LogP) is -1.74. The van der Waals surface area contributed by atoms with E-state index in [1.54, 1.807) is 12.1 Å². The number of carboxylic acid groups (broad SMARTS) is 1. The maximum Gasteiger partial charge on any atom is 0.326 e. The molecule has 0 radical (unpaired) electrons. The van der Waals surface area contributed by atoms with Crippen LogP contribution in [0.3, 0.4) is 0 Å². The number of imidazole rings is 1. The van der Waals surface area contributed by atoms with Gasteiger partial charge in [-0.1, -0.05) is 36.4 Å². The molecule has 0 aliphatic rings. The molecule has 5 amide bonds. The number of aromatic hydroxyl groups is 3. The van der Waals surface area contributed by atoms with Crippen LogP contribution in [-0.2, 0) is 54.5 Å². The maximum absolute atomic E-state index is 13.6. The van der Waals surface area contributed by atoms with Crippen molar-refractivity contribution >= 4 is 35.5 Å². The minimum Gasteiger partial charge on any atom is -0.508 e. The van der Waals surface area contributed by atoms with E-state index >= 15 is 0 Å². The molecule has 4 aromatic rings. The average molecular weight is 789 g/mol. The lowest BCUT2D eigenvalue weighted by Crippen LogP contribution is -2.58. The summed E-state index contributed by atoms with van der Waals surface area (Å²) in [5, 5.41) is 60.7. The third kappa shape index (κ3) is 13.7. The minimum atomic E-state index is -1.65. The molecule has 0 saturated carbocycles. The molecule has 19 heteroatoms. The summed E-state index contributed by atoms with van der Waals surface area (Å²) in [6, 6.07) is 10.3. The van der Waals surface area contributed by atoms with Gasteiger partial charge < -0.3 is 62.8 Å². The molecule has 0 aliphatic carbocycles.